The van der Waals surface area contributed by atoms with Gasteiger partial charge >= 0.3 is 17.8 Å². The van der Waals surface area contributed by atoms with Gasteiger partial charge in [0.15, 0.2) is 14.1 Å². The van der Waals surface area contributed by atoms with E-state index in [9.17, 15) is 27.6 Å². The number of hydrogen-bond donors (Lipinski definition) is 2. The van der Waals surface area contributed by atoms with Crippen LogP contribution < -0.4 is 16.3 Å². The molecule has 1 aliphatic heterocycles. The summed E-state index contributed by atoms with van der Waals surface area (Å²) in [6.07, 6.45) is -3.16. The number of halogens is 3. The van der Waals surface area contributed by atoms with E-state index in [1.165, 1.54) is 29.4 Å². The van der Waals surface area contributed by atoms with Gasteiger partial charge in [-0.15, -0.1) is 11.8 Å². The van der Waals surface area contributed by atoms with Crippen molar-refractivity contribution in [3.8, 4) is 11.8 Å². The Morgan fingerprint density at radius 2 is 1.97 bits per heavy atom. The van der Waals surface area contributed by atoms with E-state index >= 15 is 0 Å². The van der Waals surface area contributed by atoms with Crippen LogP contribution in [0.25, 0.3) is 0 Å². The molecule has 218 valence electrons. The standard InChI is InChI=1S/C24H35F3N4O6SSi/c1-15(32)29-20-16(9-8-10-28-21(33)24(25,26)27)12-31(22(34)30-20)19-11-17(35-14-38-5)18(37-19)13-36-39(6,7)23(2,3)4/h12,17-19H,10-11,13-14H2,1-7H3,(H,28,33)(H,29,30,32,34)/t17-,18+,19+/m0/s1. The third-order valence-corrected chi connectivity index (χ3v) is 11.2. The molecule has 2 rings (SSSR count). The van der Waals surface area contributed by atoms with Crippen molar-refractivity contribution in [2.45, 2.75) is 76.9 Å². The second-order valence-electron chi connectivity index (χ2n) is 10.4. The molecule has 1 aromatic heterocycles. The van der Waals surface area contributed by atoms with Crippen LogP contribution in [-0.2, 0) is 23.5 Å². The fourth-order valence-corrected chi connectivity index (χ4v) is 4.58. The van der Waals surface area contributed by atoms with Crippen LogP contribution >= 0.6 is 11.8 Å². The summed E-state index contributed by atoms with van der Waals surface area (Å²) >= 11 is 1.49. The lowest BCUT2D eigenvalue weighted by atomic mass is 10.2. The van der Waals surface area contributed by atoms with Gasteiger partial charge in [0.2, 0.25) is 5.91 Å². The van der Waals surface area contributed by atoms with Crippen molar-refractivity contribution in [2.75, 3.05) is 30.7 Å². The minimum atomic E-state index is -5.04. The lowest BCUT2D eigenvalue weighted by molar-refractivity contribution is -0.173. The lowest BCUT2D eigenvalue weighted by Gasteiger charge is -2.37. The van der Waals surface area contributed by atoms with E-state index < -0.39 is 50.9 Å². The van der Waals surface area contributed by atoms with Crippen molar-refractivity contribution in [3.63, 3.8) is 0 Å². The van der Waals surface area contributed by atoms with Crippen LogP contribution in [0.5, 0.6) is 0 Å². The molecule has 10 nitrogen and oxygen atoms in total. The second-order valence-corrected chi connectivity index (χ2v) is 16.0. The zero-order chi connectivity index (χ0) is 29.6. The molecule has 0 spiro atoms. The summed E-state index contributed by atoms with van der Waals surface area (Å²) in [5.41, 5.74) is -0.675. The number of nitrogens with one attached hydrogen (secondary N) is 2. The van der Waals surface area contributed by atoms with Crippen molar-refractivity contribution in [1.82, 2.24) is 14.9 Å². The fourth-order valence-electron chi connectivity index (χ4n) is 3.25. The summed E-state index contributed by atoms with van der Waals surface area (Å²) in [6, 6.07) is 0. The molecule has 1 saturated heterocycles. The number of carbonyl (C=O) groups is 2. The smallest absolute Gasteiger partial charge is 0.414 e. The molecular formula is C24H35F3N4O6SSi. The van der Waals surface area contributed by atoms with E-state index in [1.54, 1.807) is 5.32 Å². The first-order valence-electron chi connectivity index (χ1n) is 12.1. The summed E-state index contributed by atoms with van der Waals surface area (Å²) in [5.74, 6) is 2.52. The number of ether oxygens (including phenoxy) is 2. The number of aromatic nitrogens is 2. The number of carbonyl (C=O) groups excluding carboxylic acids is 2. The number of anilines is 1. The molecule has 0 unspecified atom stereocenters. The predicted molar refractivity (Wildman–Crippen MR) is 144 cm³/mol. The van der Waals surface area contributed by atoms with E-state index in [4.69, 9.17) is 13.9 Å². The monoisotopic (exact) mass is 592 g/mol. The Kier molecular flexibility index (Phi) is 11.2. The van der Waals surface area contributed by atoms with Gasteiger partial charge in [-0.3, -0.25) is 14.2 Å². The van der Waals surface area contributed by atoms with E-state index in [0.29, 0.717) is 12.4 Å². The lowest BCUT2D eigenvalue weighted by Crippen LogP contribution is -2.44. The fraction of sp³-hybridized carbons (Fsp3) is 0.667. The number of thioether (sulfide) groups is 1. The van der Waals surface area contributed by atoms with Crippen LogP contribution in [0.2, 0.25) is 18.1 Å². The van der Waals surface area contributed by atoms with Gasteiger partial charge in [-0.1, -0.05) is 32.6 Å². The maximum Gasteiger partial charge on any atom is 0.471 e. The number of amides is 2. The Labute approximate surface area is 230 Å². The van der Waals surface area contributed by atoms with Gasteiger partial charge in [-0.2, -0.15) is 18.2 Å². The molecule has 0 aromatic carbocycles. The Bertz CT molecular complexity index is 1160. The van der Waals surface area contributed by atoms with Crippen LogP contribution in [-0.4, -0.2) is 73.4 Å². The van der Waals surface area contributed by atoms with Crippen LogP contribution in [0.4, 0.5) is 19.0 Å². The minimum absolute atomic E-state index is 0.0197. The molecule has 0 bridgehead atoms. The molecule has 1 fully saturated rings. The van der Waals surface area contributed by atoms with Gasteiger partial charge in [0, 0.05) is 19.5 Å². The summed E-state index contributed by atoms with van der Waals surface area (Å²) in [4.78, 5) is 39.4. The normalized spacial score (nSPS) is 19.8. The molecule has 0 saturated carbocycles. The Morgan fingerprint density at radius 1 is 1.31 bits per heavy atom. The third-order valence-electron chi connectivity index (χ3n) is 6.37. The highest BCUT2D eigenvalue weighted by atomic mass is 32.2. The number of alkyl halides is 3. The predicted octanol–water partition coefficient (Wildman–Crippen LogP) is 3.25. The maximum absolute atomic E-state index is 12.9. The van der Waals surface area contributed by atoms with Crippen molar-refractivity contribution < 1.29 is 36.7 Å². The number of hydrogen-bond acceptors (Lipinski definition) is 8. The van der Waals surface area contributed by atoms with E-state index in [0.717, 1.165) is 0 Å². The molecule has 3 atom stereocenters. The average Bonchev–Trinajstić information content (AvgIpc) is 3.21. The minimum Gasteiger partial charge on any atom is -0.414 e. The van der Waals surface area contributed by atoms with E-state index in [-0.39, 0.29) is 29.1 Å². The molecule has 2 N–H and O–H groups in total. The van der Waals surface area contributed by atoms with Gasteiger partial charge in [-0.25, -0.2) is 4.79 Å². The van der Waals surface area contributed by atoms with Gasteiger partial charge in [-0.05, 0) is 24.4 Å². The largest absolute Gasteiger partial charge is 0.471 e. The molecule has 15 heteroatoms. The molecule has 1 aliphatic rings. The molecule has 1 aromatic rings. The van der Waals surface area contributed by atoms with Crippen LogP contribution in [0.15, 0.2) is 11.0 Å². The van der Waals surface area contributed by atoms with Crippen molar-refractivity contribution in [3.05, 3.63) is 22.2 Å². The first-order chi connectivity index (χ1) is 18.0. The highest BCUT2D eigenvalue weighted by Crippen LogP contribution is 2.38. The van der Waals surface area contributed by atoms with Gasteiger partial charge in [0.25, 0.3) is 0 Å². The maximum atomic E-state index is 12.9. The molecule has 2 amide bonds. The summed E-state index contributed by atoms with van der Waals surface area (Å²) in [6.45, 7) is 11.5. The van der Waals surface area contributed by atoms with Crippen molar-refractivity contribution in [2.24, 2.45) is 0 Å². The number of nitrogens with zero attached hydrogens (tertiary/aromatic N) is 2. The highest BCUT2D eigenvalue weighted by molar-refractivity contribution is 7.98. The van der Waals surface area contributed by atoms with Gasteiger partial charge in [0.05, 0.1) is 30.8 Å². The average molecular weight is 593 g/mol. The third kappa shape index (κ3) is 9.35. The molecule has 0 aliphatic carbocycles. The Hall–Kier alpha value is -2.38. The molecule has 39 heavy (non-hydrogen) atoms. The van der Waals surface area contributed by atoms with Crippen LogP contribution in [0.3, 0.4) is 0 Å². The van der Waals surface area contributed by atoms with Crippen LogP contribution in [0, 0.1) is 11.8 Å². The molecule has 0 radical (unpaired) electrons. The highest BCUT2D eigenvalue weighted by Gasteiger charge is 2.42. The van der Waals surface area contributed by atoms with E-state index in [2.05, 4.69) is 56.0 Å². The summed E-state index contributed by atoms with van der Waals surface area (Å²) in [7, 11) is -2.10. The Morgan fingerprint density at radius 3 is 2.54 bits per heavy atom. The SMILES string of the molecule is CSCO[C@H]1C[C@H](n2cc(C#CCNC(=O)C(F)(F)F)c(NC(C)=O)nc2=O)O[C@@H]1CO[Si](C)(C)C(C)(C)C. The Balaban J connectivity index is 2.33. The van der Waals surface area contributed by atoms with Gasteiger partial charge < -0.3 is 24.5 Å². The number of rotatable bonds is 9. The van der Waals surface area contributed by atoms with Crippen molar-refractivity contribution >= 4 is 37.7 Å². The molecular weight excluding hydrogens is 557 g/mol. The zero-order valence-corrected chi connectivity index (χ0v) is 24.8. The summed E-state index contributed by atoms with van der Waals surface area (Å²) < 4.78 is 56.9. The second kappa shape index (κ2) is 13.3. The zero-order valence-electron chi connectivity index (χ0n) is 23.0. The van der Waals surface area contributed by atoms with Crippen molar-refractivity contribution in [1.29, 1.82) is 0 Å². The van der Waals surface area contributed by atoms with Gasteiger partial charge in [0.1, 0.15) is 12.3 Å². The first kappa shape index (κ1) is 32.8. The molecule has 2 heterocycles. The first-order valence-corrected chi connectivity index (χ1v) is 16.4. The van der Waals surface area contributed by atoms with Crippen LogP contribution in [0.1, 0.15) is 45.9 Å². The van der Waals surface area contributed by atoms with E-state index in [1.807, 2.05) is 6.26 Å². The summed E-state index contributed by atoms with van der Waals surface area (Å²) in [5, 5.41) is 4.00. The topological polar surface area (TPSA) is 121 Å². The quantitative estimate of drug-likeness (QED) is 0.255.